The van der Waals surface area contributed by atoms with Crippen LogP contribution in [-0.2, 0) is 0 Å². The maximum Gasteiger partial charge on any atom is 0.142 e. The first-order valence-electron chi connectivity index (χ1n) is 5.90. The minimum atomic E-state index is -0.360. The minimum absolute atomic E-state index is 0.291. The van der Waals surface area contributed by atoms with E-state index in [0.29, 0.717) is 15.8 Å². The van der Waals surface area contributed by atoms with Gasteiger partial charge in [-0.15, -0.1) is 11.8 Å². The quantitative estimate of drug-likeness (QED) is 0.481. The highest BCUT2D eigenvalue weighted by atomic mass is 79.9. The van der Waals surface area contributed by atoms with Crippen molar-refractivity contribution in [3.8, 4) is 0 Å². The van der Waals surface area contributed by atoms with Crippen molar-refractivity contribution in [2.75, 3.05) is 5.75 Å². The maximum absolute atomic E-state index is 14.0. The molecular formula is C14H13BrF2N2S. The number of rotatable bonds is 5. The summed E-state index contributed by atoms with van der Waals surface area (Å²) >= 11 is 4.56. The zero-order chi connectivity index (χ0) is 14.5. The lowest BCUT2D eigenvalue weighted by Gasteiger charge is -2.17. The van der Waals surface area contributed by atoms with Crippen LogP contribution in [0.3, 0.4) is 0 Å². The van der Waals surface area contributed by atoms with Crippen molar-refractivity contribution in [2.24, 2.45) is 5.84 Å². The Bertz CT molecular complexity index is 595. The van der Waals surface area contributed by atoms with Crippen LogP contribution < -0.4 is 11.3 Å². The van der Waals surface area contributed by atoms with Crippen LogP contribution in [0, 0.1) is 11.6 Å². The smallest absolute Gasteiger partial charge is 0.142 e. The van der Waals surface area contributed by atoms with E-state index < -0.39 is 0 Å². The molecule has 1 atom stereocenters. The molecule has 0 aliphatic carbocycles. The van der Waals surface area contributed by atoms with E-state index in [4.69, 9.17) is 5.84 Å². The van der Waals surface area contributed by atoms with E-state index in [0.717, 1.165) is 4.90 Å². The van der Waals surface area contributed by atoms with Gasteiger partial charge in [0.15, 0.2) is 0 Å². The van der Waals surface area contributed by atoms with Crippen LogP contribution in [0.25, 0.3) is 0 Å². The molecule has 0 bridgehead atoms. The second-order valence-corrected chi connectivity index (χ2v) is 6.08. The highest BCUT2D eigenvalue weighted by Gasteiger charge is 2.16. The molecular weight excluding hydrogens is 346 g/mol. The van der Waals surface area contributed by atoms with Crippen molar-refractivity contribution in [1.29, 1.82) is 0 Å². The Balaban J connectivity index is 2.11. The summed E-state index contributed by atoms with van der Waals surface area (Å²) in [6.45, 7) is 0. The number of nitrogens with two attached hydrogens (primary N) is 1. The first-order valence-corrected chi connectivity index (χ1v) is 7.68. The van der Waals surface area contributed by atoms with E-state index in [1.165, 1.54) is 23.9 Å². The zero-order valence-electron chi connectivity index (χ0n) is 10.4. The van der Waals surface area contributed by atoms with E-state index in [1.54, 1.807) is 30.3 Å². The van der Waals surface area contributed by atoms with Gasteiger partial charge in [-0.2, -0.15) is 0 Å². The van der Waals surface area contributed by atoms with Crippen molar-refractivity contribution in [1.82, 2.24) is 5.43 Å². The highest BCUT2D eigenvalue weighted by molar-refractivity contribution is 9.10. The first kappa shape index (κ1) is 15.4. The fourth-order valence-corrected chi connectivity index (χ4v) is 3.14. The molecule has 2 rings (SSSR count). The molecule has 0 saturated heterocycles. The molecule has 2 aromatic carbocycles. The SMILES string of the molecule is NNC(CSc1cccc(F)c1)c1cccc(Br)c1F. The first-order chi connectivity index (χ1) is 9.61. The van der Waals surface area contributed by atoms with Gasteiger partial charge in [0.05, 0.1) is 10.5 Å². The number of thioether (sulfide) groups is 1. The number of hydrogen-bond acceptors (Lipinski definition) is 3. The van der Waals surface area contributed by atoms with Crippen molar-refractivity contribution < 1.29 is 8.78 Å². The summed E-state index contributed by atoms with van der Waals surface area (Å²) in [6.07, 6.45) is 0. The third-order valence-electron chi connectivity index (χ3n) is 2.77. The second-order valence-electron chi connectivity index (χ2n) is 4.13. The van der Waals surface area contributed by atoms with Gasteiger partial charge in [0.25, 0.3) is 0 Å². The summed E-state index contributed by atoms with van der Waals surface area (Å²) in [7, 11) is 0. The van der Waals surface area contributed by atoms with Crippen LogP contribution in [0.2, 0.25) is 0 Å². The third kappa shape index (κ3) is 3.79. The van der Waals surface area contributed by atoms with Crippen molar-refractivity contribution in [2.45, 2.75) is 10.9 Å². The fraction of sp³-hybridized carbons (Fsp3) is 0.143. The van der Waals surface area contributed by atoms with Crippen LogP contribution in [0.1, 0.15) is 11.6 Å². The molecule has 6 heteroatoms. The van der Waals surface area contributed by atoms with Crippen molar-refractivity contribution >= 4 is 27.7 Å². The summed E-state index contributed by atoms with van der Waals surface area (Å²) in [6, 6.07) is 11.0. The van der Waals surface area contributed by atoms with Gasteiger partial charge in [-0.3, -0.25) is 11.3 Å². The molecule has 0 aromatic heterocycles. The molecule has 106 valence electrons. The zero-order valence-corrected chi connectivity index (χ0v) is 12.8. The molecule has 1 unspecified atom stereocenters. The maximum atomic E-state index is 14.0. The van der Waals surface area contributed by atoms with E-state index in [-0.39, 0.29) is 17.7 Å². The van der Waals surface area contributed by atoms with Crippen LogP contribution in [0.5, 0.6) is 0 Å². The Morgan fingerprint density at radius 3 is 2.65 bits per heavy atom. The monoisotopic (exact) mass is 358 g/mol. The standard InChI is InChI=1S/C14H13BrF2N2S/c15-12-6-2-5-11(14(12)17)13(19-18)8-20-10-4-1-3-9(16)7-10/h1-7,13,19H,8,18H2. The normalized spacial score (nSPS) is 12.4. The molecule has 0 saturated carbocycles. The lowest BCUT2D eigenvalue weighted by Crippen LogP contribution is -2.30. The van der Waals surface area contributed by atoms with Crippen LogP contribution in [0.15, 0.2) is 51.8 Å². The number of hydrogen-bond donors (Lipinski definition) is 2. The van der Waals surface area contributed by atoms with Gasteiger partial charge in [-0.1, -0.05) is 18.2 Å². The predicted octanol–water partition coefficient (Wildman–Crippen LogP) is 4.02. The van der Waals surface area contributed by atoms with Crippen molar-refractivity contribution in [3.63, 3.8) is 0 Å². The molecule has 0 heterocycles. The molecule has 0 radical (unpaired) electrons. The van der Waals surface area contributed by atoms with E-state index in [1.807, 2.05) is 0 Å². The average molecular weight is 359 g/mol. The molecule has 20 heavy (non-hydrogen) atoms. The van der Waals surface area contributed by atoms with Gasteiger partial charge in [0.1, 0.15) is 11.6 Å². The Morgan fingerprint density at radius 1 is 1.20 bits per heavy atom. The lowest BCUT2D eigenvalue weighted by molar-refractivity contribution is 0.543. The van der Waals surface area contributed by atoms with E-state index in [2.05, 4.69) is 21.4 Å². The lowest BCUT2D eigenvalue weighted by atomic mass is 10.1. The van der Waals surface area contributed by atoms with Gasteiger partial charge in [0, 0.05) is 16.2 Å². The molecule has 0 spiro atoms. The Labute approximate surface area is 128 Å². The summed E-state index contributed by atoms with van der Waals surface area (Å²) in [5.74, 6) is 5.36. The van der Waals surface area contributed by atoms with Gasteiger partial charge >= 0.3 is 0 Å². The molecule has 3 N–H and O–H groups in total. The molecule has 0 amide bonds. The molecule has 2 aromatic rings. The summed E-state index contributed by atoms with van der Waals surface area (Å²) in [4.78, 5) is 0.778. The molecule has 0 aliphatic rings. The topological polar surface area (TPSA) is 38.0 Å². The van der Waals surface area contributed by atoms with Crippen molar-refractivity contribution in [3.05, 3.63) is 64.1 Å². The number of nitrogens with one attached hydrogen (secondary N) is 1. The summed E-state index contributed by atoms with van der Waals surface area (Å²) in [5.41, 5.74) is 3.07. The molecule has 2 nitrogen and oxygen atoms in total. The molecule has 0 aliphatic heterocycles. The fourth-order valence-electron chi connectivity index (χ4n) is 1.75. The van der Waals surface area contributed by atoms with E-state index >= 15 is 0 Å². The Hall–Kier alpha value is -0.950. The van der Waals surface area contributed by atoms with Crippen LogP contribution >= 0.6 is 27.7 Å². The largest absolute Gasteiger partial charge is 0.271 e. The predicted molar refractivity (Wildman–Crippen MR) is 81.3 cm³/mol. The van der Waals surface area contributed by atoms with Gasteiger partial charge in [0.2, 0.25) is 0 Å². The number of benzene rings is 2. The average Bonchev–Trinajstić information content (AvgIpc) is 2.44. The van der Waals surface area contributed by atoms with Gasteiger partial charge in [-0.05, 0) is 40.2 Å². The number of hydrazine groups is 1. The van der Waals surface area contributed by atoms with Gasteiger partial charge in [-0.25, -0.2) is 8.78 Å². The minimum Gasteiger partial charge on any atom is -0.271 e. The van der Waals surface area contributed by atoms with E-state index in [9.17, 15) is 8.78 Å². The summed E-state index contributed by atoms with van der Waals surface area (Å²) < 4.78 is 27.5. The third-order valence-corrected chi connectivity index (χ3v) is 4.47. The molecule has 0 fully saturated rings. The second kappa shape index (κ2) is 7.17. The van der Waals surface area contributed by atoms with Gasteiger partial charge < -0.3 is 0 Å². The highest BCUT2D eigenvalue weighted by Crippen LogP contribution is 2.28. The Kier molecular flexibility index (Phi) is 5.54. The van der Waals surface area contributed by atoms with Crippen LogP contribution in [0.4, 0.5) is 8.78 Å². The Morgan fingerprint density at radius 2 is 1.95 bits per heavy atom. The van der Waals surface area contributed by atoms with Crippen LogP contribution in [-0.4, -0.2) is 5.75 Å². The number of halogens is 3. The summed E-state index contributed by atoms with van der Waals surface area (Å²) in [5, 5.41) is 0.